The zero-order valence-electron chi connectivity index (χ0n) is 15.9. The Morgan fingerprint density at radius 1 is 0.935 bits per heavy atom. The first-order valence-electron chi connectivity index (χ1n) is 9.11. The second kappa shape index (κ2) is 9.98. The summed E-state index contributed by atoms with van der Waals surface area (Å²) < 4.78 is 42.0. The number of aromatic nitrogens is 2. The fourth-order valence-corrected chi connectivity index (χ4v) is 2.87. The average Bonchev–Trinajstić information content (AvgIpc) is 2.74. The van der Waals surface area contributed by atoms with Crippen molar-refractivity contribution in [1.29, 1.82) is 0 Å². The van der Waals surface area contributed by atoms with E-state index in [0.29, 0.717) is 21.4 Å². The van der Waals surface area contributed by atoms with Crippen LogP contribution in [0.4, 0.5) is 13.2 Å². The van der Waals surface area contributed by atoms with Gasteiger partial charge in [0.25, 0.3) is 0 Å². The van der Waals surface area contributed by atoms with Gasteiger partial charge in [0.05, 0.1) is 18.5 Å². The summed E-state index contributed by atoms with van der Waals surface area (Å²) in [4.78, 5) is 19.8. The molecule has 5 nitrogen and oxygen atoms in total. The first-order valence-corrected chi connectivity index (χ1v) is 9.86. The van der Waals surface area contributed by atoms with Crippen LogP contribution in [-0.2, 0) is 4.79 Å². The number of carbonyl (C=O) groups excluding carboxylic acids is 1. The van der Waals surface area contributed by atoms with Gasteiger partial charge in [-0.3, -0.25) is 4.79 Å². The summed E-state index contributed by atoms with van der Waals surface area (Å²) in [7, 11) is 0. The van der Waals surface area contributed by atoms with E-state index in [0.717, 1.165) is 11.1 Å². The Balaban J connectivity index is 1.75. The number of nitrogens with one attached hydrogen (secondary N) is 1. The topological polar surface area (TPSA) is 64.1 Å². The molecule has 0 saturated heterocycles. The number of halogens is 5. The van der Waals surface area contributed by atoms with Gasteiger partial charge in [-0.15, -0.1) is 0 Å². The predicted molar refractivity (Wildman–Crippen MR) is 112 cm³/mol. The van der Waals surface area contributed by atoms with Gasteiger partial charge in [0.1, 0.15) is 5.69 Å². The molecule has 0 aliphatic heterocycles. The van der Waals surface area contributed by atoms with Crippen molar-refractivity contribution in [1.82, 2.24) is 15.3 Å². The van der Waals surface area contributed by atoms with Gasteiger partial charge in [0.15, 0.2) is 0 Å². The molecule has 31 heavy (non-hydrogen) atoms. The summed E-state index contributed by atoms with van der Waals surface area (Å²) in [5, 5.41) is 2.94. The standard InChI is InChI=1S/C21H16Cl2F3N3O2/c22-15-6-2-13(3-7-15)18-19(14-4-8-16(23)9-5-14)29-17(12-28-18)31-11-1-10-27-20(30)21(24,25)26/h2-9,12H,1,10-11H2,(H,27,30). The average molecular weight is 470 g/mol. The lowest BCUT2D eigenvalue weighted by molar-refractivity contribution is -0.173. The maximum atomic E-state index is 12.2. The van der Waals surface area contributed by atoms with Gasteiger partial charge in [-0.2, -0.15) is 13.2 Å². The number of rotatable bonds is 7. The van der Waals surface area contributed by atoms with E-state index in [4.69, 9.17) is 27.9 Å². The Morgan fingerprint density at radius 2 is 1.48 bits per heavy atom. The van der Waals surface area contributed by atoms with E-state index in [9.17, 15) is 18.0 Å². The summed E-state index contributed by atoms with van der Waals surface area (Å²) in [5.41, 5.74) is 2.69. The van der Waals surface area contributed by atoms with Gasteiger partial charge in [-0.1, -0.05) is 47.5 Å². The van der Waals surface area contributed by atoms with Crippen molar-refractivity contribution < 1.29 is 22.7 Å². The first kappa shape index (κ1) is 22.8. The molecule has 0 atom stereocenters. The maximum Gasteiger partial charge on any atom is 0.471 e. The highest BCUT2D eigenvalue weighted by Crippen LogP contribution is 2.31. The molecule has 0 saturated carbocycles. The molecular weight excluding hydrogens is 454 g/mol. The second-order valence-electron chi connectivity index (χ2n) is 6.37. The molecule has 0 bridgehead atoms. The Labute approximate surface area is 186 Å². The minimum atomic E-state index is -4.91. The Kier molecular flexibility index (Phi) is 7.35. The molecule has 0 radical (unpaired) electrons. The Hall–Kier alpha value is -2.84. The molecule has 0 aliphatic rings. The molecule has 0 fully saturated rings. The molecule has 2 aromatic carbocycles. The van der Waals surface area contributed by atoms with Gasteiger partial charge in [0, 0.05) is 27.7 Å². The van der Waals surface area contributed by atoms with E-state index in [1.807, 2.05) is 12.1 Å². The van der Waals surface area contributed by atoms with Crippen LogP contribution in [0.3, 0.4) is 0 Å². The third kappa shape index (κ3) is 6.32. The fourth-order valence-electron chi connectivity index (χ4n) is 2.62. The number of hydrogen-bond donors (Lipinski definition) is 1. The highest BCUT2D eigenvalue weighted by molar-refractivity contribution is 6.31. The molecule has 0 unspecified atom stereocenters. The van der Waals surface area contributed by atoms with Gasteiger partial charge in [-0.05, 0) is 30.7 Å². The second-order valence-corrected chi connectivity index (χ2v) is 7.25. The van der Waals surface area contributed by atoms with Crippen LogP contribution >= 0.6 is 23.2 Å². The number of carbonyl (C=O) groups is 1. The molecule has 3 rings (SSSR count). The van der Waals surface area contributed by atoms with E-state index in [-0.39, 0.29) is 25.5 Å². The van der Waals surface area contributed by atoms with Gasteiger partial charge >= 0.3 is 12.1 Å². The third-order valence-corrected chi connectivity index (χ3v) is 4.60. The number of alkyl halides is 3. The normalized spacial score (nSPS) is 11.3. The molecule has 1 amide bonds. The van der Waals surface area contributed by atoms with Crippen LogP contribution in [0.2, 0.25) is 10.0 Å². The third-order valence-electron chi connectivity index (χ3n) is 4.10. The van der Waals surface area contributed by atoms with E-state index < -0.39 is 12.1 Å². The SMILES string of the molecule is O=C(NCCCOc1cnc(-c2ccc(Cl)cc2)c(-c2ccc(Cl)cc2)n1)C(F)(F)F. The van der Waals surface area contributed by atoms with Crippen molar-refractivity contribution in [2.45, 2.75) is 12.6 Å². The van der Waals surface area contributed by atoms with Gasteiger partial charge in [0.2, 0.25) is 5.88 Å². The summed E-state index contributed by atoms with van der Waals surface area (Å²) in [6.07, 6.45) is -3.31. The van der Waals surface area contributed by atoms with Crippen molar-refractivity contribution in [2.24, 2.45) is 0 Å². The maximum absolute atomic E-state index is 12.2. The Bertz CT molecular complexity index is 1040. The molecule has 3 aromatic rings. The van der Waals surface area contributed by atoms with Crippen molar-refractivity contribution in [2.75, 3.05) is 13.2 Å². The largest absolute Gasteiger partial charge is 0.476 e. The van der Waals surface area contributed by atoms with Gasteiger partial charge < -0.3 is 10.1 Å². The van der Waals surface area contributed by atoms with Crippen LogP contribution < -0.4 is 10.1 Å². The summed E-state index contributed by atoms with van der Waals surface area (Å²) in [5.74, 6) is -1.78. The number of ether oxygens (including phenoxy) is 1. The van der Waals surface area contributed by atoms with Crippen LogP contribution in [0.1, 0.15) is 6.42 Å². The molecule has 10 heteroatoms. The minimum Gasteiger partial charge on any atom is -0.476 e. The molecule has 0 aliphatic carbocycles. The van der Waals surface area contributed by atoms with Crippen molar-refractivity contribution in [3.63, 3.8) is 0 Å². The fraction of sp³-hybridized carbons (Fsp3) is 0.190. The monoisotopic (exact) mass is 469 g/mol. The van der Waals surface area contributed by atoms with Gasteiger partial charge in [-0.25, -0.2) is 9.97 Å². The molecule has 1 heterocycles. The molecule has 1 N–H and O–H groups in total. The number of nitrogens with zero attached hydrogens (tertiary/aromatic N) is 2. The molecule has 1 aromatic heterocycles. The number of benzene rings is 2. The first-order chi connectivity index (χ1) is 14.7. The van der Waals surface area contributed by atoms with Crippen LogP contribution in [0.5, 0.6) is 5.88 Å². The smallest absolute Gasteiger partial charge is 0.471 e. The minimum absolute atomic E-state index is 0.0488. The van der Waals surface area contributed by atoms with Crippen LogP contribution in [-0.4, -0.2) is 35.2 Å². The zero-order valence-corrected chi connectivity index (χ0v) is 17.4. The quantitative estimate of drug-likeness (QED) is 0.459. The molecule has 0 spiro atoms. The summed E-state index contributed by atoms with van der Waals surface area (Å²) in [6, 6.07) is 14.1. The zero-order chi connectivity index (χ0) is 22.4. The lowest BCUT2D eigenvalue weighted by atomic mass is 10.0. The van der Waals surface area contributed by atoms with Crippen molar-refractivity contribution >= 4 is 29.1 Å². The predicted octanol–water partition coefficient (Wildman–Crippen LogP) is 5.56. The summed E-state index contributed by atoms with van der Waals surface area (Å²) in [6.45, 7) is -0.133. The highest BCUT2D eigenvalue weighted by atomic mass is 35.5. The van der Waals surface area contributed by atoms with Crippen LogP contribution in [0, 0.1) is 0 Å². The number of hydrogen-bond acceptors (Lipinski definition) is 4. The van der Waals surface area contributed by atoms with E-state index in [1.165, 1.54) is 6.20 Å². The van der Waals surface area contributed by atoms with Crippen molar-refractivity contribution in [3.8, 4) is 28.4 Å². The van der Waals surface area contributed by atoms with Crippen LogP contribution in [0.25, 0.3) is 22.5 Å². The summed E-state index contributed by atoms with van der Waals surface area (Å²) >= 11 is 11.9. The van der Waals surface area contributed by atoms with Crippen LogP contribution in [0.15, 0.2) is 54.7 Å². The van der Waals surface area contributed by atoms with E-state index >= 15 is 0 Å². The molecule has 162 valence electrons. The highest BCUT2D eigenvalue weighted by Gasteiger charge is 2.38. The Morgan fingerprint density at radius 3 is 2.03 bits per heavy atom. The van der Waals surface area contributed by atoms with E-state index in [2.05, 4.69) is 9.97 Å². The molecular formula is C21H16Cl2F3N3O2. The lowest BCUT2D eigenvalue weighted by Crippen LogP contribution is -2.37. The van der Waals surface area contributed by atoms with Crippen molar-refractivity contribution in [3.05, 3.63) is 64.8 Å². The lowest BCUT2D eigenvalue weighted by Gasteiger charge is -2.12. The van der Waals surface area contributed by atoms with E-state index in [1.54, 1.807) is 41.7 Å². The number of amides is 1.